The molecule has 17 heavy (non-hydrogen) atoms. The van der Waals surface area contributed by atoms with Gasteiger partial charge in [-0.3, -0.25) is 0 Å². The van der Waals surface area contributed by atoms with Crippen LogP contribution in [0.4, 0.5) is 0 Å². The van der Waals surface area contributed by atoms with Crippen LogP contribution in [0, 0.1) is 0 Å². The SMILES string of the molecule is CC1(C)COB(c2ccc(C(C)(C)C)cc2)O1. The molecule has 0 aliphatic carbocycles. The van der Waals surface area contributed by atoms with Gasteiger partial charge in [0.2, 0.25) is 0 Å². The molecule has 0 unspecified atom stereocenters. The molecular formula is C14H21BO2. The molecule has 0 atom stereocenters. The second-order valence-electron chi connectivity index (χ2n) is 6.39. The summed E-state index contributed by atoms with van der Waals surface area (Å²) in [4.78, 5) is 0. The van der Waals surface area contributed by atoms with Gasteiger partial charge < -0.3 is 9.31 Å². The van der Waals surface area contributed by atoms with Gasteiger partial charge in [-0.2, -0.15) is 0 Å². The fourth-order valence-corrected chi connectivity index (χ4v) is 1.94. The highest BCUT2D eigenvalue weighted by atomic mass is 16.7. The van der Waals surface area contributed by atoms with Crippen molar-refractivity contribution in [3.63, 3.8) is 0 Å². The summed E-state index contributed by atoms with van der Waals surface area (Å²) < 4.78 is 11.5. The lowest BCUT2D eigenvalue weighted by molar-refractivity contribution is 0.137. The summed E-state index contributed by atoms with van der Waals surface area (Å²) in [6.45, 7) is 11.4. The molecular weight excluding hydrogens is 211 g/mol. The van der Waals surface area contributed by atoms with Crippen LogP contribution >= 0.6 is 0 Å². The van der Waals surface area contributed by atoms with Crippen LogP contribution in [0.5, 0.6) is 0 Å². The van der Waals surface area contributed by atoms with E-state index in [1.54, 1.807) is 0 Å². The first-order chi connectivity index (χ1) is 7.78. The second-order valence-corrected chi connectivity index (χ2v) is 6.39. The molecule has 0 aromatic heterocycles. The molecule has 0 bridgehead atoms. The Labute approximate surface area is 104 Å². The molecule has 2 rings (SSSR count). The standard InChI is InChI=1S/C14H21BO2/c1-13(2,3)11-6-8-12(9-7-11)15-16-10-14(4,5)17-15/h6-9H,10H2,1-5H3. The summed E-state index contributed by atoms with van der Waals surface area (Å²) in [5.74, 6) is 0. The third-order valence-corrected chi connectivity index (χ3v) is 3.06. The molecule has 92 valence electrons. The van der Waals surface area contributed by atoms with E-state index in [0.717, 1.165) is 5.46 Å². The smallest absolute Gasteiger partial charge is 0.404 e. The monoisotopic (exact) mass is 232 g/mol. The van der Waals surface area contributed by atoms with Crippen molar-refractivity contribution in [1.29, 1.82) is 0 Å². The molecule has 3 heteroatoms. The van der Waals surface area contributed by atoms with Crippen molar-refractivity contribution in [2.45, 2.75) is 45.6 Å². The number of hydrogen-bond donors (Lipinski definition) is 0. The lowest BCUT2D eigenvalue weighted by atomic mass is 9.77. The maximum Gasteiger partial charge on any atom is 0.494 e. The summed E-state index contributed by atoms with van der Waals surface area (Å²) in [6.07, 6.45) is 0. The van der Waals surface area contributed by atoms with Gasteiger partial charge >= 0.3 is 7.12 Å². The molecule has 2 nitrogen and oxygen atoms in total. The molecule has 1 aromatic carbocycles. The zero-order valence-corrected chi connectivity index (χ0v) is 11.4. The van der Waals surface area contributed by atoms with Crippen LogP contribution in [0.3, 0.4) is 0 Å². The van der Waals surface area contributed by atoms with Gasteiger partial charge in [-0.05, 0) is 30.3 Å². The maximum absolute atomic E-state index is 5.84. The number of hydrogen-bond acceptors (Lipinski definition) is 2. The Kier molecular flexibility index (Phi) is 3.09. The molecule has 1 heterocycles. The molecule has 0 saturated carbocycles. The van der Waals surface area contributed by atoms with E-state index < -0.39 is 0 Å². The van der Waals surface area contributed by atoms with Crippen molar-refractivity contribution >= 4 is 12.6 Å². The summed E-state index contributed by atoms with van der Waals surface area (Å²) >= 11 is 0. The van der Waals surface area contributed by atoms with E-state index in [4.69, 9.17) is 9.31 Å². The Hall–Kier alpha value is -0.795. The minimum atomic E-state index is -0.209. The van der Waals surface area contributed by atoms with Crippen molar-refractivity contribution in [3.8, 4) is 0 Å². The first-order valence-electron chi connectivity index (χ1n) is 6.18. The molecule has 1 aliphatic heterocycles. The Morgan fingerprint density at radius 3 is 2.12 bits per heavy atom. The zero-order valence-electron chi connectivity index (χ0n) is 11.4. The van der Waals surface area contributed by atoms with Crippen molar-refractivity contribution in [2.75, 3.05) is 6.61 Å². The van der Waals surface area contributed by atoms with E-state index in [-0.39, 0.29) is 18.1 Å². The Morgan fingerprint density at radius 2 is 1.71 bits per heavy atom. The van der Waals surface area contributed by atoms with E-state index >= 15 is 0 Å². The maximum atomic E-state index is 5.84. The Morgan fingerprint density at radius 1 is 1.12 bits per heavy atom. The predicted octanol–water partition coefficient (Wildman–Crippen LogP) is 2.50. The van der Waals surface area contributed by atoms with E-state index in [9.17, 15) is 0 Å². The van der Waals surface area contributed by atoms with Crippen LogP contribution < -0.4 is 5.46 Å². The molecule has 0 amide bonds. The second kappa shape index (κ2) is 4.15. The highest BCUT2D eigenvalue weighted by Gasteiger charge is 2.38. The zero-order chi connectivity index (χ0) is 12.7. The van der Waals surface area contributed by atoms with Gasteiger partial charge in [0.15, 0.2) is 0 Å². The molecule has 0 spiro atoms. The molecule has 1 saturated heterocycles. The van der Waals surface area contributed by atoms with Crippen LogP contribution in [0.2, 0.25) is 0 Å². The lowest BCUT2D eigenvalue weighted by Crippen LogP contribution is -2.34. The van der Waals surface area contributed by atoms with E-state index in [1.165, 1.54) is 5.56 Å². The fourth-order valence-electron chi connectivity index (χ4n) is 1.94. The fraction of sp³-hybridized carbons (Fsp3) is 0.571. The van der Waals surface area contributed by atoms with Gasteiger partial charge in [0.25, 0.3) is 0 Å². The van der Waals surface area contributed by atoms with Gasteiger partial charge in [-0.1, -0.05) is 45.0 Å². The number of rotatable bonds is 1. The van der Waals surface area contributed by atoms with Crippen molar-refractivity contribution in [3.05, 3.63) is 29.8 Å². The molecule has 1 aromatic rings. The summed E-state index contributed by atoms with van der Waals surface area (Å²) in [5, 5.41) is 0. The van der Waals surface area contributed by atoms with Crippen molar-refractivity contribution in [2.24, 2.45) is 0 Å². The molecule has 0 radical (unpaired) electrons. The predicted molar refractivity (Wildman–Crippen MR) is 71.6 cm³/mol. The minimum Gasteiger partial charge on any atom is -0.404 e. The summed E-state index contributed by atoms with van der Waals surface area (Å²) in [5.41, 5.74) is 2.45. The lowest BCUT2D eigenvalue weighted by Gasteiger charge is -2.19. The number of benzene rings is 1. The highest BCUT2D eigenvalue weighted by molar-refractivity contribution is 6.61. The van der Waals surface area contributed by atoms with Gasteiger partial charge in [0, 0.05) is 0 Å². The Balaban J connectivity index is 2.14. The van der Waals surface area contributed by atoms with E-state index in [2.05, 4.69) is 58.9 Å². The molecule has 0 N–H and O–H groups in total. The van der Waals surface area contributed by atoms with E-state index in [1.807, 2.05) is 0 Å². The third kappa shape index (κ3) is 2.91. The first-order valence-corrected chi connectivity index (χ1v) is 6.18. The van der Waals surface area contributed by atoms with Crippen LogP contribution in [0.15, 0.2) is 24.3 Å². The third-order valence-electron chi connectivity index (χ3n) is 3.06. The molecule has 1 fully saturated rings. The largest absolute Gasteiger partial charge is 0.494 e. The first kappa shape index (κ1) is 12.7. The quantitative estimate of drug-likeness (QED) is 0.692. The average Bonchev–Trinajstić information content (AvgIpc) is 2.58. The van der Waals surface area contributed by atoms with Crippen LogP contribution in [-0.2, 0) is 14.7 Å². The minimum absolute atomic E-state index is 0.173. The Bertz CT molecular complexity index is 390. The highest BCUT2D eigenvalue weighted by Crippen LogP contribution is 2.22. The van der Waals surface area contributed by atoms with E-state index in [0.29, 0.717) is 6.61 Å². The normalized spacial score (nSPS) is 19.7. The van der Waals surface area contributed by atoms with Gasteiger partial charge in [-0.25, -0.2) is 0 Å². The van der Waals surface area contributed by atoms with Crippen molar-refractivity contribution < 1.29 is 9.31 Å². The summed E-state index contributed by atoms with van der Waals surface area (Å²) in [6, 6.07) is 8.53. The van der Waals surface area contributed by atoms with Crippen LogP contribution in [0.25, 0.3) is 0 Å². The van der Waals surface area contributed by atoms with Crippen LogP contribution in [-0.4, -0.2) is 19.3 Å². The molecule has 1 aliphatic rings. The summed E-state index contributed by atoms with van der Waals surface area (Å²) in [7, 11) is -0.209. The van der Waals surface area contributed by atoms with Gasteiger partial charge in [0.05, 0.1) is 12.2 Å². The van der Waals surface area contributed by atoms with Gasteiger partial charge in [-0.15, -0.1) is 0 Å². The van der Waals surface area contributed by atoms with Crippen LogP contribution in [0.1, 0.15) is 40.2 Å². The average molecular weight is 232 g/mol. The van der Waals surface area contributed by atoms with Gasteiger partial charge in [0.1, 0.15) is 0 Å². The van der Waals surface area contributed by atoms with Crippen molar-refractivity contribution in [1.82, 2.24) is 0 Å². The topological polar surface area (TPSA) is 18.5 Å².